The van der Waals surface area contributed by atoms with Crippen molar-refractivity contribution in [1.29, 1.82) is 0 Å². The first-order valence-corrected chi connectivity index (χ1v) is 7.87. The van der Waals surface area contributed by atoms with E-state index in [9.17, 15) is 9.59 Å². The molecule has 0 aliphatic heterocycles. The summed E-state index contributed by atoms with van der Waals surface area (Å²) < 4.78 is 10.5. The summed E-state index contributed by atoms with van der Waals surface area (Å²) >= 11 is 0. The van der Waals surface area contributed by atoms with Gasteiger partial charge >= 0.3 is 0 Å². The van der Waals surface area contributed by atoms with Gasteiger partial charge in [0.05, 0.1) is 0 Å². The molecule has 0 radical (unpaired) electrons. The lowest BCUT2D eigenvalue weighted by Crippen LogP contribution is -2.29. The molecule has 1 aliphatic carbocycles. The fourth-order valence-corrected chi connectivity index (χ4v) is 2.27. The van der Waals surface area contributed by atoms with Crippen molar-refractivity contribution in [1.82, 2.24) is 0 Å². The summed E-state index contributed by atoms with van der Waals surface area (Å²) in [5, 5.41) is 0. The summed E-state index contributed by atoms with van der Waals surface area (Å²) in [6, 6.07) is 0. The first-order valence-electron chi connectivity index (χ1n) is 7.87. The van der Waals surface area contributed by atoms with Crippen LogP contribution in [0.25, 0.3) is 0 Å². The average molecular weight is 296 g/mol. The molecule has 1 aliphatic rings. The van der Waals surface area contributed by atoms with Gasteiger partial charge in [-0.05, 0) is 45.1 Å². The Kier molecular flexibility index (Phi) is 7.83. The molecule has 0 aromatic heterocycles. The number of carbonyl (C=O) groups is 2. The first kappa shape index (κ1) is 18.1. The normalized spacial score (nSPS) is 15.4. The first-order chi connectivity index (χ1) is 9.94. The summed E-state index contributed by atoms with van der Waals surface area (Å²) in [6.07, 6.45) is 9.17. The van der Waals surface area contributed by atoms with Gasteiger partial charge in [-0.2, -0.15) is 0 Å². The monoisotopic (exact) mass is 296 g/mol. The van der Waals surface area contributed by atoms with Crippen LogP contribution in [0.15, 0.2) is 11.6 Å². The molecule has 0 aromatic rings. The summed E-state index contributed by atoms with van der Waals surface area (Å²) in [5.41, 5.74) is 1.02. The van der Waals surface area contributed by atoms with Gasteiger partial charge in [0, 0.05) is 20.0 Å². The summed E-state index contributed by atoms with van der Waals surface area (Å²) in [5.74, 6) is -0.256. The molecule has 0 heterocycles. The average Bonchev–Trinajstić information content (AvgIpc) is 2.86. The molecule has 21 heavy (non-hydrogen) atoms. The van der Waals surface area contributed by atoms with E-state index in [2.05, 4.69) is 6.08 Å². The number of allylic oxidation sites excluding steroid dienone is 2. The molecule has 0 amide bonds. The van der Waals surface area contributed by atoms with Gasteiger partial charge in [-0.15, -0.1) is 0 Å². The van der Waals surface area contributed by atoms with Crippen LogP contribution in [-0.4, -0.2) is 31.1 Å². The zero-order valence-corrected chi connectivity index (χ0v) is 13.6. The van der Waals surface area contributed by atoms with Crippen molar-refractivity contribution < 1.29 is 19.1 Å². The number of ether oxygens (including phenoxy) is 2. The van der Waals surface area contributed by atoms with E-state index < -0.39 is 5.79 Å². The minimum absolute atomic E-state index is 0.113. The van der Waals surface area contributed by atoms with Gasteiger partial charge < -0.3 is 9.47 Å². The van der Waals surface area contributed by atoms with Crippen LogP contribution in [0.3, 0.4) is 0 Å². The maximum absolute atomic E-state index is 11.7. The van der Waals surface area contributed by atoms with E-state index in [-0.39, 0.29) is 12.4 Å². The Morgan fingerprint density at radius 3 is 2.57 bits per heavy atom. The smallest absolute Gasteiger partial charge is 0.162 e. The molecule has 0 spiro atoms. The highest BCUT2D eigenvalue weighted by Crippen LogP contribution is 2.20. The summed E-state index contributed by atoms with van der Waals surface area (Å²) in [7, 11) is 1.56. The van der Waals surface area contributed by atoms with E-state index in [1.54, 1.807) is 21.0 Å². The summed E-state index contributed by atoms with van der Waals surface area (Å²) in [6.45, 7) is 3.70. The van der Waals surface area contributed by atoms with E-state index in [1.807, 2.05) is 0 Å². The Bertz CT molecular complexity index is 382. The molecule has 120 valence electrons. The molecule has 0 saturated heterocycles. The van der Waals surface area contributed by atoms with Crippen LogP contribution in [0.4, 0.5) is 0 Å². The molecule has 1 rings (SSSR count). The second-order valence-electron chi connectivity index (χ2n) is 6.04. The van der Waals surface area contributed by atoms with Gasteiger partial charge in [-0.3, -0.25) is 9.59 Å². The zero-order valence-electron chi connectivity index (χ0n) is 13.6. The van der Waals surface area contributed by atoms with Crippen molar-refractivity contribution >= 4 is 11.6 Å². The lowest BCUT2D eigenvalue weighted by atomic mass is 10.0. The van der Waals surface area contributed by atoms with Crippen LogP contribution in [0, 0.1) is 0 Å². The van der Waals surface area contributed by atoms with Crippen molar-refractivity contribution in [2.45, 2.75) is 71.0 Å². The number of rotatable bonds is 11. The highest BCUT2D eigenvalue weighted by Gasteiger charge is 2.18. The molecule has 0 fully saturated rings. The molecule has 0 N–H and O–H groups in total. The standard InChI is InChI=1S/C17H28O4/c1-17(2,20-3)21-13-15(18)11-7-5-4-6-9-14-10-8-12-16(14)19/h10H,4-9,11-13H2,1-3H3. The highest BCUT2D eigenvalue weighted by atomic mass is 16.7. The van der Waals surface area contributed by atoms with E-state index in [0.29, 0.717) is 18.6 Å². The number of methoxy groups -OCH3 is 1. The third-order valence-corrected chi connectivity index (χ3v) is 3.84. The van der Waals surface area contributed by atoms with Gasteiger partial charge in [0.1, 0.15) is 6.61 Å². The Morgan fingerprint density at radius 2 is 1.95 bits per heavy atom. The van der Waals surface area contributed by atoms with E-state index in [1.165, 1.54) is 0 Å². The van der Waals surface area contributed by atoms with E-state index in [0.717, 1.165) is 44.1 Å². The Labute approximate surface area is 127 Å². The number of Topliss-reactive ketones (excluding diaryl/α,β-unsaturated/α-hetero) is 2. The van der Waals surface area contributed by atoms with Crippen molar-refractivity contribution in [2.24, 2.45) is 0 Å². The third kappa shape index (κ3) is 7.53. The number of unbranched alkanes of at least 4 members (excludes halogenated alkanes) is 3. The fraction of sp³-hybridized carbons (Fsp3) is 0.765. The van der Waals surface area contributed by atoms with Crippen molar-refractivity contribution in [3.63, 3.8) is 0 Å². The largest absolute Gasteiger partial charge is 0.354 e. The van der Waals surface area contributed by atoms with Crippen LogP contribution < -0.4 is 0 Å². The maximum Gasteiger partial charge on any atom is 0.162 e. The second kappa shape index (κ2) is 9.11. The van der Waals surface area contributed by atoms with Gasteiger partial charge in [0.25, 0.3) is 0 Å². The molecule has 0 saturated carbocycles. The van der Waals surface area contributed by atoms with Gasteiger partial charge in [0.15, 0.2) is 17.4 Å². The fourth-order valence-electron chi connectivity index (χ4n) is 2.27. The zero-order chi connectivity index (χ0) is 15.7. The molecular weight excluding hydrogens is 268 g/mol. The molecular formula is C17H28O4. The topological polar surface area (TPSA) is 52.6 Å². The van der Waals surface area contributed by atoms with E-state index >= 15 is 0 Å². The van der Waals surface area contributed by atoms with Crippen LogP contribution >= 0.6 is 0 Å². The van der Waals surface area contributed by atoms with Gasteiger partial charge in [-0.25, -0.2) is 0 Å². The Hall–Kier alpha value is -1.00. The maximum atomic E-state index is 11.7. The minimum atomic E-state index is -0.697. The highest BCUT2D eigenvalue weighted by molar-refractivity contribution is 5.97. The van der Waals surface area contributed by atoms with Crippen molar-refractivity contribution in [2.75, 3.05) is 13.7 Å². The SMILES string of the molecule is COC(C)(C)OCC(=O)CCCCCCC1=CCCC1=O. The van der Waals surface area contributed by atoms with Gasteiger partial charge in [-0.1, -0.05) is 18.9 Å². The van der Waals surface area contributed by atoms with Crippen LogP contribution in [0.5, 0.6) is 0 Å². The van der Waals surface area contributed by atoms with Crippen molar-refractivity contribution in [3.05, 3.63) is 11.6 Å². The van der Waals surface area contributed by atoms with Crippen LogP contribution in [0.2, 0.25) is 0 Å². The minimum Gasteiger partial charge on any atom is -0.354 e. The number of hydrogen-bond donors (Lipinski definition) is 0. The lowest BCUT2D eigenvalue weighted by molar-refractivity contribution is -0.198. The Morgan fingerprint density at radius 1 is 1.24 bits per heavy atom. The summed E-state index contributed by atoms with van der Waals surface area (Å²) in [4.78, 5) is 23.1. The quantitative estimate of drug-likeness (QED) is 0.432. The molecule has 0 aromatic carbocycles. The Balaban J connectivity index is 1.99. The predicted molar refractivity (Wildman–Crippen MR) is 82.1 cm³/mol. The predicted octanol–water partition coefficient (Wildman–Crippen LogP) is 3.58. The number of hydrogen-bond acceptors (Lipinski definition) is 4. The van der Waals surface area contributed by atoms with Crippen molar-refractivity contribution in [3.8, 4) is 0 Å². The molecule has 0 atom stereocenters. The van der Waals surface area contributed by atoms with Crippen LogP contribution in [0.1, 0.15) is 65.2 Å². The van der Waals surface area contributed by atoms with Crippen LogP contribution in [-0.2, 0) is 19.1 Å². The van der Waals surface area contributed by atoms with Gasteiger partial charge in [0.2, 0.25) is 0 Å². The molecule has 4 nitrogen and oxygen atoms in total. The second-order valence-corrected chi connectivity index (χ2v) is 6.04. The molecule has 4 heteroatoms. The third-order valence-electron chi connectivity index (χ3n) is 3.84. The molecule has 0 unspecified atom stereocenters. The molecule has 0 bridgehead atoms. The number of ketones is 2. The van der Waals surface area contributed by atoms with E-state index in [4.69, 9.17) is 9.47 Å². The number of carbonyl (C=O) groups excluding carboxylic acids is 2. The lowest BCUT2D eigenvalue weighted by Gasteiger charge is -2.22.